The average molecular weight is 633 g/mol. The molecule has 13 heteroatoms. The van der Waals surface area contributed by atoms with Crippen LogP contribution in [0, 0.1) is 17.1 Å². The minimum atomic E-state index is -4.71. The third-order valence-corrected chi connectivity index (χ3v) is 7.75. The first-order valence-electron chi connectivity index (χ1n) is 14.4. The Hall–Kier alpha value is -5.51. The molecule has 1 aliphatic heterocycles. The van der Waals surface area contributed by atoms with Crippen LogP contribution in [0.3, 0.4) is 0 Å². The molecule has 0 bridgehead atoms. The molecule has 1 aliphatic rings. The van der Waals surface area contributed by atoms with Gasteiger partial charge in [-0.1, -0.05) is 36.4 Å². The maximum atomic E-state index is 14.3. The van der Waals surface area contributed by atoms with Crippen molar-refractivity contribution in [2.24, 2.45) is 0 Å². The van der Waals surface area contributed by atoms with Crippen molar-refractivity contribution in [1.82, 2.24) is 20.0 Å². The number of alkyl halides is 3. The van der Waals surface area contributed by atoms with Crippen molar-refractivity contribution in [3.05, 3.63) is 113 Å². The minimum absolute atomic E-state index is 0.0692. The monoisotopic (exact) mass is 632 g/mol. The Kier molecular flexibility index (Phi) is 8.91. The summed E-state index contributed by atoms with van der Waals surface area (Å²) in [4.78, 5) is 44.4. The van der Waals surface area contributed by atoms with E-state index in [2.05, 4.69) is 10.4 Å². The number of carbonyl (C=O) groups excluding carboxylic acids is 3. The molecule has 0 unspecified atom stereocenters. The smallest absolute Gasteiger partial charge is 0.339 e. The molecule has 1 N–H and O–H groups in total. The number of benzene rings is 3. The summed E-state index contributed by atoms with van der Waals surface area (Å²) in [6.45, 7) is 3.35. The van der Waals surface area contributed by atoms with Crippen LogP contribution in [0.15, 0.2) is 78.9 Å². The molecule has 1 aromatic heterocycles. The fraction of sp³-hybridized carbons (Fsp3) is 0.242. The molecule has 46 heavy (non-hydrogen) atoms. The van der Waals surface area contributed by atoms with E-state index in [1.54, 1.807) is 44.2 Å². The van der Waals surface area contributed by atoms with E-state index in [0.717, 1.165) is 24.3 Å². The molecule has 236 valence electrons. The second-order valence-corrected chi connectivity index (χ2v) is 10.5. The number of halogens is 4. The van der Waals surface area contributed by atoms with Crippen LogP contribution >= 0.6 is 0 Å². The summed E-state index contributed by atoms with van der Waals surface area (Å²) in [5, 5.41) is 16.7. The zero-order valence-electron chi connectivity index (χ0n) is 24.8. The minimum Gasteiger partial charge on any atom is -0.339 e. The second kappa shape index (κ2) is 12.8. The molecule has 0 saturated carbocycles. The van der Waals surface area contributed by atoms with E-state index in [4.69, 9.17) is 0 Å². The van der Waals surface area contributed by atoms with Crippen molar-refractivity contribution >= 4 is 23.5 Å². The number of rotatable bonds is 8. The standard InChI is InChI=1S/C33H28F4N6O3/c1-3-41(18-17-38)31(45)28-26-25(20-13-15-23(34)16-14-20)27(39-29(44)21-9-8-10-22(19-21)33(35,36)37)32(46)42(4-2)30(26)43(40-28)24-11-6-5-7-12-24/h5-16,19,25,27H,3-4,18H2,1-2H3,(H,39,44)/t25-,27-/m1/s1. The summed E-state index contributed by atoms with van der Waals surface area (Å²) in [5.74, 6) is -3.67. The number of likely N-dealkylation sites (N-methyl/N-ethyl adjacent to an activating group) is 1. The van der Waals surface area contributed by atoms with Gasteiger partial charge in [-0.25, -0.2) is 9.07 Å². The van der Waals surface area contributed by atoms with Gasteiger partial charge in [0.25, 0.3) is 17.7 Å². The van der Waals surface area contributed by atoms with Crippen molar-refractivity contribution in [1.29, 1.82) is 5.26 Å². The second-order valence-electron chi connectivity index (χ2n) is 10.5. The van der Waals surface area contributed by atoms with Crippen molar-refractivity contribution in [2.75, 3.05) is 24.5 Å². The summed E-state index contributed by atoms with van der Waals surface area (Å²) in [5.41, 5.74) is -0.404. The van der Waals surface area contributed by atoms with Gasteiger partial charge in [0.15, 0.2) is 5.69 Å². The summed E-state index contributed by atoms with van der Waals surface area (Å²) in [6.07, 6.45) is -4.71. The van der Waals surface area contributed by atoms with E-state index in [0.29, 0.717) is 17.3 Å². The zero-order chi connectivity index (χ0) is 33.2. The molecule has 0 spiro atoms. The molecular weight excluding hydrogens is 604 g/mol. The number of nitrogens with one attached hydrogen (secondary N) is 1. The number of carbonyl (C=O) groups is 3. The number of nitrogens with zero attached hydrogens (tertiary/aromatic N) is 5. The number of hydrogen-bond acceptors (Lipinski definition) is 5. The molecule has 9 nitrogen and oxygen atoms in total. The molecule has 5 rings (SSSR count). The van der Waals surface area contributed by atoms with Crippen molar-refractivity contribution in [3.63, 3.8) is 0 Å². The van der Waals surface area contributed by atoms with Crippen LogP contribution in [0.4, 0.5) is 23.4 Å². The third kappa shape index (κ3) is 5.93. The van der Waals surface area contributed by atoms with Crippen molar-refractivity contribution < 1.29 is 31.9 Å². The Morgan fingerprint density at radius 3 is 2.33 bits per heavy atom. The van der Waals surface area contributed by atoms with Gasteiger partial charge in [0.05, 0.1) is 17.3 Å². The lowest BCUT2D eigenvalue weighted by Gasteiger charge is -2.38. The van der Waals surface area contributed by atoms with Crippen LogP contribution in [-0.4, -0.2) is 58.1 Å². The topological polar surface area (TPSA) is 111 Å². The molecule has 3 amide bonds. The largest absolute Gasteiger partial charge is 0.416 e. The summed E-state index contributed by atoms with van der Waals surface area (Å²) in [7, 11) is 0. The van der Waals surface area contributed by atoms with Gasteiger partial charge >= 0.3 is 6.18 Å². The van der Waals surface area contributed by atoms with Crippen LogP contribution in [-0.2, 0) is 11.0 Å². The van der Waals surface area contributed by atoms with Crippen molar-refractivity contribution in [3.8, 4) is 11.8 Å². The molecule has 0 saturated heterocycles. The molecular formula is C33H28F4N6O3. The quantitative estimate of drug-likeness (QED) is 0.209. The SMILES string of the molecule is CCN(CC#N)C(=O)c1nn(-c2ccccc2)c2c1[C@@H](c1ccc(F)cc1)[C@@H](NC(=O)c1cccc(C(F)(F)F)c1)C(=O)N2CC. The fourth-order valence-electron chi connectivity index (χ4n) is 5.56. The Morgan fingerprint density at radius 1 is 1.02 bits per heavy atom. The summed E-state index contributed by atoms with van der Waals surface area (Å²) in [6, 6.07) is 18.2. The summed E-state index contributed by atoms with van der Waals surface area (Å²) >= 11 is 0. The number of amides is 3. The zero-order valence-corrected chi connectivity index (χ0v) is 24.8. The van der Waals surface area contributed by atoms with Gasteiger partial charge in [0.1, 0.15) is 24.2 Å². The van der Waals surface area contributed by atoms with Crippen LogP contribution < -0.4 is 10.2 Å². The molecule has 4 aromatic rings. The predicted octanol–water partition coefficient (Wildman–Crippen LogP) is 5.31. The van der Waals surface area contributed by atoms with E-state index < -0.39 is 47.2 Å². The average Bonchev–Trinajstić information content (AvgIpc) is 3.44. The Balaban J connectivity index is 1.75. The van der Waals surface area contributed by atoms with Gasteiger partial charge < -0.3 is 10.2 Å². The lowest BCUT2D eigenvalue weighted by atomic mass is 9.80. The molecule has 0 aliphatic carbocycles. The van der Waals surface area contributed by atoms with Crippen LogP contribution in [0.2, 0.25) is 0 Å². The highest BCUT2D eigenvalue weighted by Gasteiger charge is 2.47. The number of para-hydroxylation sites is 1. The van der Waals surface area contributed by atoms with Gasteiger partial charge in [-0.3, -0.25) is 19.3 Å². The third-order valence-electron chi connectivity index (χ3n) is 7.75. The van der Waals surface area contributed by atoms with E-state index in [1.807, 2.05) is 6.07 Å². The first-order chi connectivity index (χ1) is 22.0. The normalized spacial score (nSPS) is 16.0. The maximum Gasteiger partial charge on any atom is 0.416 e. The predicted molar refractivity (Wildman–Crippen MR) is 160 cm³/mol. The van der Waals surface area contributed by atoms with Gasteiger partial charge in [0, 0.05) is 30.1 Å². The highest BCUT2D eigenvalue weighted by molar-refractivity contribution is 6.07. The number of hydrogen-bond donors (Lipinski definition) is 1. The molecule has 3 aromatic carbocycles. The number of anilines is 1. The summed E-state index contributed by atoms with van der Waals surface area (Å²) < 4.78 is 55.9. The first-order valence-corrected chi connectivity index (χ1v) is 14.4. The van der Waals surface area contributed by atoms with Crippen LogP contribution in [0.5, 0.6) is 0 Å². The lowest BCUT2D eigenvalue weighted by molar-refractivity contribution is -0.137. The number of nitriles is 1. The Labute approximate surface area is 261 Å². The highest BCUT2D eigenvalue weighted by Crippen LogP contribution is 2.44. The maximum absolute atomic E-state index is 14.3. The van der Waals surface area contributed by atoms with E-state index >= 15 is 0 Å². The first kappa shape index (κ1) is 31.9. The Morgan fingerprint density at radius 2 is 1.72 bits per heavy atom. The lowest BCUT2D eigenvalue weighted by Crippen LogP contribution is -2.55. The van der Waals surface area contributed by atoms with E-state index in [9.17, 15) is 37.2 Å². The Bertz CT molecular complexity index is 1820. The van der Waals surface area contributed by atoms with E-state index in [1.165, 1.54) is 32.7 Å². The number of fused-ring (bicyclic) bond motifs is 1. The molecule has 0 fully saturated rings. The fourth-order valence-corrected chi connectivity index (χ4v) is 5.56. The molecule has 2 heterocycles. The van der Waals surface area contributed by atoms with Crippen LogP contribution in [0.1, 0.15) is 57.3 Å². The molecule has 0 radical (unpaired) electrons. The van der Waals surface area contributed by atoms with Crippen molar-refractivity contribution in [2.45, 2.75) is 32.0 Å². The van der Waals surface area contributed by atoms with E-state index in [-0.39, 0.29) is 42.3 Å². The van der Waals surface area contributed by atoms with Gasteiger partial charge in [-0.15, -0.1) is 0 Å². The highest BCUT2D eigenvalue weighted by atomic mass is 19.4. The van der Waals surface area contributed by atoms with Gasteiger partial charge in [-0.05, 0) is 61.9 Å². The molecule has 2 atom stereocenters. The number of aromatic nitrogens is 2. The van der Waals surface area contributed by atoms with Gasteiger partial charge in [0.2, 0.25) is 0 Å². The van der Waals surface area contributed by atoms with Crippen LogP contribution in [0.25, 0.3) is 5.69 Å². The van der Waals surface area contributed by atoms with Gasteiger partial charge in [-0.2, -0.15) is 23.5 Å².